The van der Waals surface area contributed by atoms with E-state index in [9.17, 15) is 0 Å². The number of hydrogen-bond donors (Lipinski definition) is 0. The molecule has 0 unspecified atom stereocenters. The molecule has 2 heterocycles. The van der Waals surface area contributed by atoms with Crippen molar-refractivity contribution >= 4 is 21.8 Å². The van der Waals surface area contributed by atoms with E-state index < -0.39 is 0 Å². The summed E-state index contributed by atoms with van der Waals surface area (Å²) in [6.07, 6.45) is 0. The monoisotopic (exact) mass is 778 g/mol. The van der Waals surface area contributed by atoms with Crippen LogP contribution in [0.2, 0.25) is 0 Å². The van der Waals surface area contributed by atoms with Crippen LogP contribution < -0.4 is 0 Å². The molecule has 11 aromatic rings. The van der Waals surface area contributed by atoms with Gasteiger partial charge in [-0.25, -0.2) is 15.0 Å². The lowest BCUT2D eigenvalue weighted by Gasteiger charge is -2.12. The fraction of sp³-hybridized carbons (Fsp3) is 0. The van der Waals surface area contributed by atoms with Crippen LogP contribution >= 0.6 is 0 Å². The maximum absolute atomic E-state index is 5.09. The second-order valence-electron chi connectivity index (χ2n) is 15.3. The van der Waals surface area contributed by atoms with Crippen LogP contribution in [0.3, 0.4) is 0 Å². The van der Waals surface area contributed by atoms with Gasteiger partial charge in [0.05, 0.1) is 11.0 Å². The largest absolute Gasteiger partial charge is 0.309 e. The molecule has 0 amide bonds. The van der Waals surface area contributed by atoms with E-state index in [1.807, 2.05) is 36.4 Å². The first-order valence-electron chi connectivity index (χ1n) is 20.6. The van der Waals surface area contributed by atoms with Crippen molar-refractivity contribution in [1.29, 1.82) is 0 Å². The van der Waals surface area contributed by atoms with Crippen molar-refractivity contribution in [2.75, 3.05) is 0 Å². The normalized spacial score (nSPS) is 11.3. The lowest BCUT2D eigenvalue weighted by molar-refractivity contribution is 1.07. The molecule has 4 heteroatoms. The highest BCUT2D eigenvalue weighted by Crippen LogP contribution is 2.37. The lowest BCUT2D eigenvalue weighted by atomic mass is 9.99. The molecule has 0 aliphatic heterocycles. The molecule has 0 fully saturated rings. The quantitative estimate of drug-likeness (QED) is 0.154. The molecule has 11 rings (SSSR count). The molecule has 0 aliphatic carbocycles. The minimum Gasteiger partial charge on any atom is -0.309 e. The Morgan fingerprint density at radius 2 is 0.590 bits per heavy atom. The maximum Gasteiger partial charge on any atom is 0.164 e. The Labute approximate surface area is 354 Å². The summed E-state index contributed by atoms with van der Waals surface area (Å²) in [5.74, 6) is 1.90. The molecule has 9 aromatic carbocycles. The summed E-state index contributed by atoms with van der Waals surface area (Å²) >= 11 is 0. The molecule has 0 N–H and O–H groups in total. The number of nitrogens with zero attached hydrogens (tertiary/aromatic N) is 4. The number of para-hydroxylation sites is 1. The topological polar surface area (TPSA) is 43.6 Å². The van der Waals surface area contributed by atoms with Crippen LogP contribution in [0, 0.1) is 0 Å². The van der Waals surface area contributed by atoms with Gasteiger partial charge in [-0.05, 0) is 80.9 Å². The standard InChI is InChI=1S/C57H38N4/c1-4-14-39(15-5-1)41-26-28-44(29-27-41)56-58-55(43-18-8-3-9-19-43)59-57(60-56)49-23-13-22-47(37-49)48-32-35-52-51-24-10-11-25-53(51)61(54(52)38-48)50-33-30-42(31-34-50)46-21-12-20-45(36-46)40-16-6-2-7-17-40/h1-38H. The van der Waals surface area contributed by atoms with Crippen LogP contribution in [-0.2, 0) is 0 Å². The highest BCUT2D eigenvalue weighted by atomic mass is 15.0. The Morgan fingerprint density at radius 1 is 0.230 bits per heavy atom. The van der Waals surface area contributed by atoms with E-state index in [0.717, 1.165) is 44.6 Å². The van der Waals surface area contributed by atoms with Gasteiger partial charge >= 0.3 is 0 Å². The van der Waals surface area contributed by atoms with Gasteiger partial charge in [-0.3, -0.25) is 0 Å². The summed E-state index contributed by atoms with van der Waals surface area (Å²) in [5, 5.41) is 2.43. The lowest BCUT2D eigenvalue weighted by Crippen LogP contribution is -2.00. The van der Waals surface area contributed by atoms with E-state index in [1.165, 1.54) is 44.1 Å². The van der Waals surface area contributed by atoms with Gasteiger partial charge in [0.25, 0.3) is 0 Å². The van der Waals surface area contributed by atoms with Crippen molar-refractivity contribution in [3.8, 4) is 84.4 Å². The third-order valence-corrected chi connectivity index (χ3v) is 11.5. The number of rotatable bonds is 8. The van der Waals surface area contributed by atoms with Gasteiger partial charge in [-0.2, -0.15) is 0 Å². The van der Waals surface area contributed by atoms with Crippen LogP contribution in [0.1, 0.15) is 0 Å². The maximum atomic E-state index is 5.09. The van der Waals surface area contributed by atoms with Crippen molar-refractivity contribution in [3.05, 3.63) is 231 Å². The Bertz CT molecular complexity index is 3320. The molecule has 0 saturated carbocycles. The smallest absolute Gasteiger partial charge is 0.164 e. The van der Waals surface area contributed by atoms with Crippen LogP contribution in [-0.4, -0.2) is 19.5 Å². The average Bonchev–Trinajstić information content (AvgIpc) is 3.68. The highest BCUT2D eigenvalue weighted by molar-refractivity contribution is 6.10. The Morgan fingerprint density at radius 3 is 1.23 bits per heavy atom. The van der Waals surface area contributed by atoms with Gasteiger partial charge in [0.15, 0.2) is 17.5 Å². The van der Waals surface area contributed by atoms with E-state index in [-0.39, 0.29) is 0 Å². The van der Waals surface area contributed by atoms with Crippen LogP contribution in [0.15, 0.2) is 231 Å². The third kappa shape index (κ3) is 6.96. The molecule has 2 aromatic heterocycles. The number of fused-ring (bicyclic) bond motifs is 3. The first kappa shape index (κ1) is 35.9. The first-order chi connectivity index (χ1) is 30.2. The summed E-state index contributed by atoms with van der Waals surface area (Å²) in [6.45, 7) is 0. The summed E-state index contributed by atoms with van der Waals surface area (Å²) in [6, 6.07) is 81.3. The molecule has 0 saturated heterocycles. The van der Waals surface area contributed by atoms with Gasteiger partial charge < -0.3 is 4.57 Å². The van der Waals surface area contributed by atoms with E-state index in [1.54, 1.807) is 0 Å². The zero-order valence-electron chi connectivity index (χ0n) is 33.2. The van der Waals surface area contributed by atoms with Gasteiger partial charge in [0.1, 0.15) is 0 Å². The molecule has 0 aliphatic rings. The highest BCUT2D eigenvalue weighted by Gasteiger charge is 2.16. The molecule has 0 atom stereocenters. The predicted molar refractivity (Wildman–Crippen MR) is 252 cm³/mol. The van der Waals surface area contributed by atoms with Crippen molar-refractivity contribution in [1.82, 2.24) is 19.5 Å². The molecule has 0 spiro atoms. The van der Waals surface area contributed by atoms with E-state index >= 15 is 0 Å². The molecule has 286 valence electrons. The van der Waals surface area contributed by atoms with Crippen molar-refractivity contribution in [2.24, 2.45) is 0 Å². The fourth-order valence-corrected chi connectivity index (χ4v) is 8.37. The van der Waals surface area contributed by atoms with Crippen LogP contribution in [0.4, 0.5) is 0 Å². The van der Waals surface area contributed by atoms with Crippen molar-refractivity contribution in [3.63, 3.8) is 0 Å². The predicted octanol–water partition coefficient (Wildman–Crippen LogP) is 14.6. The van der Waals surface area contributed by atoms with Crippen molar-refractivity contribution in [2.45, 2.75) is 0 Å². The molecule has 4 nitrogen and oxygen atoms in total. The fourth-order valence-electron chi connectivity index (χ4n) is 8.37. The molecule has 61 heavy (non-hydrogen) atoms. The van der Waals surface area contributed by atoms with E-state index in [0.29, 0.717) is 17.5 Å². The van der Waals surface area contributed by atoms with E-state index in [2.05, 4.69) is 199 Å². The Balaban J connectivity index is 0.974. The Hall–Kier alpha value is -8.21. The molecular formula is C57H38N4. The number of hydrogen-bond acceptors (Lipinski definition) is 3. The zero-order valence-corrected chi connectivity index (χ0v) is 33.2. The molecule has 0 bridgehead atoms. The first-order valence-corrected chi connectivity index (χ1v) is 20.6. The second-order valence-corrected chi connectivity index (χ2v) is 15.3. The van der Waals surface area contributed by atoms with Crippen LogP contribution in [0.25, 0.3) is 106 Å². The molecule has 0 radical (unpaired) electrons. The van der Waals surface area contributed by atoms with Gasteiger partial charge in [0.2, 0.25) is 0 Å². The summed E-state index contributed by atoms with van der Waals surface area (Å²) in [5.41, 5.74) is 15.5. The second kappa shape index (κ2) is 15.5. The average molecular weight is 779 g/mol. The van der Waals surface area contributed by atoms with Crippen molar-refractivity contribution < 1.29 is 0 Å². The SMILES string of the molecule is c1ccc(-c2ccc(-c3nc(-c4ccccc4)nc(-c4cccc(-c5ccc6c7ccccc7n(-c7ccc(-c8cccc(-c9ccccc9)c8)cc7)c6c5)c4)n3)cc2)cc1. The van der Waals surface area contributed by atoms with Gasteiger partial charge in [-0.1, -0.05) is 194 Å². The summed E-state index contributed by atoms with van der Waals surface area (Å²) in [4.78, 5) is 15.1. The van der Waals surface area contributed by atoms with E-state index in [4.69, 9.17) is 15.0 Å². The zero-order chi connectivity index (χ0) is 40.5. The minimum absolute atomic E-state index is 0.627. The molecular weight excluding hydrogens is 741 g/mol. The Kier molecular flexibility index (Phi) is 9.14. The number of benzene rings is 9. The minimum atomic E-state index is 0.627. The summed E-state index contributed by atoms with van der Waals surface area (Å²) in [7, 11) is 0. The van der Waals surface area contributed by atoms with Gasteiger partial charge in [-0.15, -0.1) is 0 Å². The van der Waals surface area contributed by atoms with Crippen LogP contribution in [0.5, 0.6) is 0 Å². The summed E-state index contributed by atoms with van der Waals surface area (Å²) < 4.78 is 2.38. The third-order valence-electron chi connectivity index (χ3n) is 11.5. The van der Waals surface area contributed by atoms with Gasteiger partial charge in [0, 0.05) is 33.2 Å². The number of aromatic nitrogens is 4.